The third-order valence-electron chi connectivity index (χ3n) is 3.45. The second-order valence-corrected chi connectivity index (χ2v) is 4.89. The Kier molecular flexibility index (Phi) is 3.55. The van der Waals surface area contributed by atoms with Crippen molar-refractivity contribution in [2.24, 2.45) is 5.92 Å². The zero-order chi connectivity index (χ0) is 13.1. The van der Waals surface area contributed by atoms with E-state index in [0.29, 0.717) is 19.0 Å². The molecule has 0 saturated carbocycles. The van der Waals surface area contributed by atoms with Crippen LogP contribution in [0.1, 0.15) is 12.8 Å². The van der Waals surface area contributed by atoms with E-state index in [2.05, 4.69) is 10.6 Å². The van der Waals surface area contributed by atoms with Crippen molar-refractivity contribution in [1.29, 1.82) is 0 Å². The zero-order valence-electron chi connectivity index (χ0n) is 10.8. The molecule has 1 fully saturated rings. The van der Waals surface area contributed by atoms with Crippen LogP contribution < -0.4 is 20.1 Å². The molecule has 1 atom stereocenters. The van der Waals surface area contributed by atoms with Crippen molar-refractivity contribution < 1.29 is 14.3 Å². The molecule has 0 aromatic heterocycles. The number of fused-ring (bicyclic) bond motifs is 1. The third kappa shape index (κ3) is 2.81. The quantitative estimate of drug-likeness (QED) is 0.845. The van der Waals surface area contributed by atoms with Gasteiger partial charge in [-0.3, -0.25) is 4.79 Å². The van der Waals surface area contributed by atoms with Crippen LogP contribution in [0.2, 0.25) is 0 Å². The first-order valence-electron chi connectivity index (χ1n) is 6.74. The molecule has 1 aromatic rings. The largest absolute Gasteiger partial charge is 0.490 e. The molecule has 3 rings (SSSR count). The fourth-order valence-corrected chi connectivity index (χ4v) is 2.36. The molecule has 102 valence electrons. The second-order valence-electron chi connectivity index (χ2n) is 4.89. The van der Waals surface area contributed by atoms with Crippen LogP contribution in [-0.2, 0) is 4.79 Å². The lowest BCUT2D eigenvalue weighted by atomic mass is 10.1. The van der Waals surface area contributed by atoms with Gasteiger partial charge in [0.25, 0.3) is 0 Å². The third-order valence-corrected chi connectivity index (χ3v) is 3.45. The van der Waals surface area contributed by atoms with Gasteiger partial charge in [0.05, 0.1) is 19.1 Å². The number of anilines is 1. The van der Waals surface area contributed by atoms with E-state index in [1.54, 1.807) is 0 Å². The monoisotopic (exact) mass is 262 g/mol. The minimum absolute atomic E-state index is 0.0657. The van der Waals surface area contributed by atoms with Crippen molar-refractivity contribution in [3.8, 4) is 11.5 Å². The van der Waals surface area contributed by atoms with Gasteiger partial charge in [-0.2, -0.15) is 0 Å². The molecule has 0 bridgehead atoms. The van der Waals surface area contributed by atoms with Gasteiger partial charge in [-0.25, -0.2) is 0 Å². The van der Waals surface area contributed by atoms with Crippen LogP contribution in [0.15, 0.2) is 18.2 Å². The van der Waals surface area contributed by atoms with Gasteiger partial charge in [0.2, 0.25) is 5.91 Å². The maximum atomic E-state index is 12.0. The average molecular weight is 262 g/mol. The number of amides is 1. The Balaban J connectivity index is 1.71. The minimum Gasteiger partial charge on any atom is -0.490 e. The normalized spacial score (nSPS) is 21.8. The number of hydrogen-bond donors (Lipinski definition) is 2. The standard InChI is InChI=1S/C14H18N2O3/c17-14(10-4-5-15-9-10)16-11-2-3-12-13(8-11)19-7-1-6-18-12/h2-3,8,10,15H,1,4-7,9H2,(H,16,17). The Morgan fingerprint density at radius 3 is 2.89 bits per heavy atom. The zero-order valence-corrected chi connectivity index (χ0v) is 10.8. The Bertz CT molecular complexity index is 470. The van der Waals surface area contributed by atoms with Crippen LogP contribution in [0.5, 0.6) is 11.5 Å². The van der Waals surface area contributed by atoms with E-state index in [4.69, 9.17) is 9.47 Å². The molecular weight excluding hydrogens is 244 g/mol. The predicted molar refractivity (Wildman–Crippen MR) is 71.7 cm³/mol. The summed E-state index contributed by atoms with van der Waals surface area (Å²) in [6.07, 6.45) is 1.78. The highest BCUT2D eigenvalue weighted by molar-refractivity contribution is 5.93. The van der Waals surface area contributed by atoms with Gasteiger partial charge in [0.15, 0.2) is 11.5 Å². The van der Waals surface area contributed by atoms with Crippen LogP contribution in [0.25, 0.3) is 0 Å². The SMILES string of the molecule is O=C(Nc1ccc2c(c1)OCCCO2)C1CCNC1. The lowest BCUT2D eigenvalue weighted by Gasteiger charge is -2.12. The molecule has 0 aliphatic carbocycles. The van der Waals surface area contributed by atoms with Gasteiger partial charge >= 0.3 is 0 Å². The first kappa shape index (κ1) is 12.3. The Morgan fingerprint density at radius 1 is 1.26 bits per heavy atom. The van der Waals surface area contributed by atoms with Crippen LogP contribution in [-0.4, -0.2) is 32.2 Å². The molecular formula is C14H18N2O3. The van der Waals surface area contributed by atoms with Crippen molar-refractivity contribution in [2.45, 2.75) is 12.8 Å². The van der Waals surface area contributed by atoms with E-state index in [0.717, 1.165) is 37.4 Å². The second kappa shape index (κ2) is 5.48. The predicted octanol–water partition coefficient (Wildman–Crippen LogP) is 1.40. The topological polar surface area (TPSA) is 59.6 Å². The van der Waals surface area contributed by atoms with Gasteiger partial charge in [0.1, 0.15) is 0 Å². The summed E-state index contributed by atoms with van der Waals surface area (Å²) in [4.78, 5) is 12.0. The van der Waals surface area contributed by atoms with E-state index in [1.165, 1.54) is 0 Å². The highest BCUT2D eigenvalue weighted by atomic mass is 16.5. The summed E-state index contributed by atoms with van der Waals surface area (Å²) >= 11 is 0. The molecule has 2 N–H and O–H groups in total. The van der Waals surface area contributed by atoms with Crippen molar-refractivity contribution in [2.75, 3.05) is 31.6 Å². The van der Waals surface area contributed by atoms with E-state index in [1.807, 2.05) is 18.2 Å². The van der Waals surface area contributed by atoms with Crippen molar-refractivity contribution >= 4 is 11.6 Å². The Morgan fingerprint density at radius 2 is 2.11 bits per heavy atom. The summed E-state index contributed by atoms with van der Waals surface area (Å²) in [7, 11) is 0. The molecule has 19 heavy (non-hydrogen) atoms. The molecule has 2 aliphatic rings. The first-order chi connectivity index (χ1) is 9.33. The summed E-state index contributed by atoms with van der Waals surface area (Å²) in [6.45, 7) is 3.00. The number of carbonyl (C=O) groups excluding carboxylic acids is 1. The molecule has 5 heteroatoms. The maximum Gasteiger partial charge on any atom is 0.228 e. The summed E-state index contributed by atoms with van der Waals surface area (Å²) in [5, 5.41) is 6.13. The van der Waals surface area contributed by atoms with E-state index in [9.17, 15) is 4.79 Å². The van der Waals surface area contributed by atoms with E-state index >= 15 is 0 Å². The first-order valence-corrected chi connectivity index (χ1v) is 6.74. The summed E-state index contributed by atoms with van der Waals surface area (Å²) in [6, 6.07) is 5.54. The van der Waals surface area contributed by atoms with Crippen molar-refractivity contribution in [1.82, 2.24) is 5.32 Å². The van der Waals surface area contributed by atoms with Crippen LogP contribution in [0.4, 0.5) is 5.69 Å². The molecule has 0 radical (unpaired) electrons. The highest BCUT2D eigenvalue weighted by Crippen LogP contribution is 2.32. The number of benzene rings is 1. The number of hydrogen-bond acceptors (Lipinski definition) is 4. The van der Waals surface area contributed by atoms with Crippen molar-refractivity contribution in [3.05, 3.63) is 18.2 Å². The summed E-state index contributed by atoms with van der Waals surface area (Å²) in [5.74, 6) is 1.59. The lowest BCUT2D eigenvalue weighted by Crippen LogP contribution is -2.24. The smallest absolute Gasteiger partial charge is 0.228 e. The molecule has 1 amide bonds. The minimum atomic E-state index is 0.0657. The van der Waals surface area contributed by atoms with E-state index < -0.39 is 0 Å². The molecule has 1 aromatic carbocycles. The maximum absolute atomic E-state index is 12.0. The van der Waals surface area contributed by atoms with Crippen LogP contribution in [0.3, 0.4) is 0 Å². The molecule has 2 heterocycles. The molecule has 0 spiro atoms. The Hall–Kier alpha value is -1.75. The van der Waals surface area contributed by atoms with E-state index in [-0.39, 0.29) is 11.8 Å². The molecule has 1 saturated heterocycles. The van der Waals surface area contributed by atoms with Crippen LogP contribution >= 0.6 is 0 Å². The van der Waals surface area contributed by atoms with Gasteiger partial charge in [-0.15, -0.1) is 0 Å². The molecule has 5 nitrogen and oxygen atoms in total. The number of nitrogens with one attached hydrogen (secondary N) is 2. The van der Waals surface area contributed by atoms with Crippen LogP contribution in [0, 0.1) is 5.92 Å². The lowest BCUT2D eigenvalue weighted by molar-refractivity contribution is -0.119. The molecule has 1 unspecified atom stereocenters. The van der Waals surface area contributed by atoms with Crippen molar-refractivity contribution in [3.63, 3.8) is 0 Å². The number of ether oxygens (including phenoxy) is 2. The summed E-state index contributed by atoms with van der Waals surface area (Å²) < 4.78 is 11.2. The number of carbonyl (C=O) groups is 1. The Labute approximate surface area is 112 Å². The van der Waals surface area contributed by atoms with Gasteiger partial charge in [0, 0.05) is 24.7 Å². The molecule has 2 aliphatic heterocycles. The fourth-order valence-electron chi connectivity index (χ4n) is 2.36. The number of rotatable bonds is 2. The summed E-state index contributed by atoms with van der Waals surface area (Å²) in [5.41, 5.74) is 0.765. The average Bonchev–Trinajstić information content (AvgIpc) is 2.85. The van der Waals surface area contributed by atoms with Gasteiger partial charge in [-0.05, 0) is 25.1 Å². The van der Waals surface area contributed by atoms with Gasteiger partial charge in [-0.1, -0.05) is 0 Å². The van der Waals surface area contributed by atoms with Gasteiger partial charge < -0.3 is 20.1 Å². The highest BCUT2D eigenvalue weighted by Gasteiger charge is 2.22. The fraction of sp³-hybridized carbons (Fsp3) is 0.500.